The van der Waals surface area contributed by atoms with E-state index in [1.165, 1.54) is 11.1 Å². The third-order valence-electron chi connectivity index (χ3n) is 6.82. The first-order chi connectivity index (χ1) is 17.0. The fourth-order valence-corrected chi connectivity index (χ4v) is 4.93. The van der Waals surface area contributed by atoms with Gasteiger partial charge in [-0.05, 0) is 41.5 Å². The Kier molecular flexibility index (Phi) is 8.02. The van der Waals surface area contributed by atoms with E-state index in [2.05, 4.69) is 29.6 Å². The molecule has 2 amide bonds. The van der Waals surface area contributed by atoms with Crippen molar-refractivity contribution in [1.82, 2.24) is 10.2 Å². The van der Waals surface area contributed by atoms with Gasteiger partial charge in [0, 0.05) is 45.0 Å². The summed E-state index contributed by atoms with van der Waals surface area (Å²) >= 11 is 0. The molecular formula is C27H32N2O6. The topological polar surface area (TPSA) is 105 Å². The summed E-state index contributed by atoms with van der Waals surface area (Å²) in [7, 11) is 1.70. The number of carboxylic acids is 1. The van der Waals surface area contributed by atoms with Gasteiger partial charge in [0.05, 0.1) is 0 Å². The molecule has 1 saturated heterocycles. The van der Waals surface area contributed by atoms with Gasteiger partial charge in [0.2, 0.25) is 0 Å². The average Bonchev–Trinajstić information content (AvgIpc) is 3.46. The molecule has 2 unspecified atom stereocenters. The van der Waals surface area contributed by atoms with E-state index in [1.54, 1.807) is 11.9 Å². The Morgan fingerprint density at radius 3 is 2.37 bits per heavy atom. The molecule has 0 spiro atoms. The lowest BCUT2D eigenvalue weighted by molar-refractivity contribution is -0.141. The van der Waals surface area contributed by atoms with Crippen molar-refractivity contribution in [1.29, 1.82) is 0 Å². The van der Waals surface area contributed by atoms with Crippen molar-refractivity contribution in [2.45, 2.75) is 37.7 Å². The van der Waals surface area contributed by atoms with Crippen molar-refractivity contribution >= 4 is 18.0 Å². The highest BCUT2D eigenvalue weighted by atomic mass is 16.5. The van der Waals surface area contributed by atoms with Crippen LogP contribution in [0.15, 0.2) is 48.5 Å². The van der Waals surface area contributed by atoms with Crippen LogP contribution in [0.2, 0.25) is 0 Å². The van der Waals surface area contributed by atoms with Gasteiger partial charge in [-0.3, -0.25) is 9.59 Å². The second-order valence-electron chi connectivity index (χ2n) is 9.16. The number of hydrogen-bond acceptors (Lipinski definition) is 5. The normalized spacial score (nSPS) is 18.5. The van der Waals surface area contributed by atoms with E-state index in [1.807, 2.05) is 24.3 Å². The highest BCUT2D eigenvalue weighted by molar-refractivity contribution is 5.81. The Morgan fingerprint density at radius 1 is 1.06 bits per heavy atom. The van der Waals surface area contributed by atoms with Crippen LogP contribution >= 0.6 is 0 Å². The number of rotatable bonds is 10. The van der Waals surface area contributed by atoms with Crippen LogP contribution < -0.4 is 5.32 Å². The third kappa shape index (κ3) is 5.82. The Balaban J connectivity index is 1.26. The van der Waals surface area contributed by atoms with Crippen LogP contribution in [-0.2, 0) is 19.1 Å². The number of unbranched alkanes of at least 4 members (excludes halogenated alkanes) is 1. The fraction of sp³-hybridized carbons (Fsp3) is 0.444. The molecule has 1 aliphatic carbocycles. The first kappa shape index (κ1) is 24.7. The van der Waals surface area contributed by atoms with Gasteiger partial charge in [0.15, 0.2) is 0 Å². The molecule has 0 radical (unpaired) electrons. The van der Waals surface area contributed by atoms with E-state index in [-0.39, 0.29) is 30.8 Å². The maximum absolute atomic E-state index is 12.8. The van der Waals surface area contributed by atoms with E-state index in [9.17, 15) is 14.4 Å². The largest absolute Gasteiger partial charge is 0.481 e. The summed E-state index contributed by atoms with van der Waals surface area (Å²) in [6, 6.07) is 16.4. The van der Waals surface area contributed by atoms with Gasteiger partial charge in [-0.25, -0.2) is 4.79 Å². The van der Waals surface area contributed by atoms with Crippen molar-refractivity contribution in [2.75, 3.05) is 33.4 Å². The van der Waals surface area contributed by atoms with Crippen LogP contribution in [0, 0.1) is 5.92 Å². The van der Waals surface area contributed by atoms with Gasteiger partial charge >= 0.3 is 12.1 Å². The highest BCUT2D eigenvalue weighted by Gasteiger charge is 2.36. The van der Waals surface area contributed by atoms with Gasteiger partial charge in [-0.1, -0.05) is 48.5 Å². The summed E-state index contributed by atoms with van der Waals surface area (Å²) in [4.78, 5) is 37.5. The number of nitrogens with one attached hydrogen (secondary N) is 1. The number of carboxylic acid groups (broad SMARTS) is 1. The minimum Gasteiger partial charge on any atom is -0.481 e. The Labute approximate surface area is 205 Å². The second-order valence-corrected chi connectivity index (χ2v) is 9.16. The Hall–Kier alpha value is -3.39. The monoisotopic (exact) mass is 480 g/mol. The molecule has 0 aromatic heterocycles. The van der Waals surface area contributed by atoms with Crippen LogP contribution in [0.4, 0.5) is 4.79 Å². The number of ether oxygens (including phenoxy) is 2. The lowest BCUT2D eigenvalue weighted by Gasteiger charge is -2.24. The predicted molar refractivity (Wildman–Crippen MR) is 130 cm³/mol. The lowest BCUT2D eigenvalue weighted by atomic mass is 9.98. The number of benzene rings is 2. The summed E-state index contributed by atoms with van der Waals surface area (Å²) in [6.07, 6.45) is 0.775. The SMILES string of the molecule is CN(CCCCC(=O)O)C(=O)C1OCCC1CNC(=O)OCC1c2ccccc2-c2ccccc21. The number of alkyl carbamates (subject to hydrolysis) is 1. The molecule has 2 atom stereocenters. The molecule has 1 heterocycles. The van der Waals surface area contributed by atoms with Crippen molar-refractivity contribution in [3.8, 4) is 11.1 Å². The fourth-order valence-electron chi connectivity index (χ4n) is 4.93. The summed E-state index contributed by atoms with van der Waals surface area (Å²) < 4.78 is 11.3. The lowest BCUT2D eigenvalue weighted by Crippen LogP contribution is -2.43. The van der Waals surface area contributed by atoms with Crippen molar-refractivity contribution in [2.24, 2.45) is 5.92 Å². The zero-order chi connectivity index (χ0) is 24.8. The quantitative estimate of drug-likeness (QED) is 0.503. The van der Waals surface area contributed by atoms with Crippen LogP contribution in [0.3, 0.4) is 0 Å². The van der Waals surface area contributed by atoms with Crippen LogP contribution in [0.25, 0.3) is 11.1 Å². The molecule has 186 valence electrons. The van der Waals surface area contributed by atoms with E-state index in [4.69, 9.17) is 14.6 Å². The smallest absolute Gasteiger partial charge is 0.407 e. The Bertz CT molecular complexity index is 1030. The number of fused-ring (bicyclic) bond motifs is 3. The molecule has 2 N–H and O–H groups in total. The number of carbonyl (C=O) groups is 3. The van der Waals surface area contributed by atoms with Gasteiger partial charge in [-0.15, -0.1) is 0 Å². The minimum atomic E-state index is -0.836. The minimum absolute atomic E-state index is 0.00735. The molecule has 2 aromatic rings. The number of likely N-dealkylation sites (N-methyl/N-ethyl adjacent to an activating group) is 1. The van der Waals surface area contributed by atoms with Gasteiger partial charge in [-0.2, -0.15) is 0 Å². The number of amides is 2. The van der Waals surface area contributed by atoms with Crippen LogP contribution in [0.1, 0.15) is 42.7 Å². The van der Waals surface area contributed by atoms with Crippen LogP contribution in [0.5, 0.6) is 0 Å². The number of hydrogen-bond donors (Lipinski definition) is 2. The number of aliphatic carboxylic acids is 1. The number of nitrogens with zero attached hydrogens (tertiary/aromatic N) is 1. The van der Waals surface area contributed by atoms with E-state index < -0.39 is 18.2 Å². The standard InChI is InChI=1S/C27H32N2O6/c1-29(14-7-6-12-24(30)31)26(32)25-18(13-15-34-25)16-28-27(33)35-17-23-21-10-4-2-8-19(21)20-9-3-5-11-22(20)23/h2-5,8-11,18,23,25H,6-7,12-17H2,1H3,(H,28,33)(H,30,31). The summed E-state index contributed by atoms with van der Waals surface area (Å²) in [5, 5.41) is 11.5. The maximum Gasteiger partial charge on any atom is 0.407 e. The molecule has 8 heteroatoms. The molecule has 2 aliphatic rings. The molecule has 1 aliphatic heterocycles. The van der Waals surface area contributed by atoms with Crippen molar-refractivity contribution in [3.63, 3.8) is 0 Å². The zero-order valence-corrected chi connectivity index (χ0v) is 19.9. The maximum atomic E-state index is 12.8. The molecule has 0 bridgehead atoms. The van der Waals surface area contributed by atoms with Gasteiger partial charge in [0.25, 0.3) is 5.91 Å². The third-order valence-corrected chi connectivity index (χ3v) is 6.82. The van der Waals surface area contributed by atoms with Crippen molar-refractivity contribution in [3.05, 3.63) is 59.7 Å². The highest BCUT2D eigenvalue weighted by Crippen LogP contribution is 2.44. The number of carbonyl (C=O) groups excluding carboxylic acids is 2. The zero-order valence-electron chi connectivity index (χ0n) is 19.9. The molecule has 35 heavy (non-hydrogen) atoms. The first-order valence-corrected chi connectivity index (χ1v) is 12.1. The summed E-state index contributed by atoms with van der Waals surface area (Å²) in [5.74, 6) is -1.12. The molecular weight excluding hydrogens is 448 g/mol. The summed E-state index contributed by atoms with van der Waals surface area (Å²) in [6.45, 7) is 1.46. The van der Waals surface area contributed by atoms with Crippen molar-refractivity contribution < 1.29 is 29.0 Å². The molecule has 2 aromatic carbocycles. The Morgan fingerprint density at radius 2 is 1.71 bits per heavy atom. The molecule has 1 fully saturated rings. The predicted octanol–water partition coefficient (Wildman–Crippen LogP) is 3.64. The second kappa shape index (κ2) is 11.4. The molecule has 8 nitrogen and oxygen atoms in total. The van der Waals surface area contributed by atoms with E-state index in [0.29, 0.717) is 39.0 Å². The van der Waals surface area contributed by atoms with Gasteiger partial charge in [0.1, 0.15) is 12.7 Å². The van der Waals surface area contributed by atoms with E-state index in [0.717, 1.165) is 11.1 Å². The summed E-state index contributed by atoms with van der Waals surface area (Å²) in [5.41, 5.74) is 4.66. The van der Waals surface area contributed by atoms with Gasteiger partial charge < -0.3 is 24.8 Å². The van der Waals surface area contributed by atoms with Crippen LogP contribution in [-0.4, -0.2) is 67.4 Å². The average molecular weight is 481 g/mol. The molecule has 0 saturated carbocycles. The van der Waals surface area contributed by atoms with E-state index >= 15 is 0 Å². The molecule has 4 rings (SSSR count). The first-order valence-electron chi connectivity index (χ1n) is 12.1.